The second kappa shape index (κ2) is 2.90. The number of nitrogens with two attached hydrogens (primary N) is 1. The van der Waals surface area contributed by atoms with Crippen molar-refractivity contribution in [2.45, 2.75) is 0 Å². The van der Waals surface area contributed by atoms with Gasteiger partial charge in [0, 0.05) is 0 Å². The predicted octanol–water partition coefficient (Wildman–Crippen LogP) is 2.26. The number of hydrogen-bond acceptors (Lipinski definition) is 2. The molecule has 0 bridgehead atoms. The number of amides is 1. The molecule has 2 N–H and O–H groups in total. The van der Waals surface area contributed by atoms with Crippen LogP contribution in [0.3, 0.4) is 0 Å². The highest BCUT2D eigenvalue weighted by atomic mass is 79.9. The van der Waals surface area contributed by atoms with E-state index in [-0.39, 0.29) is 0 Å². The molecule has 1 heterocycles. The van der Waals surface area contributed by atoms with Gasteiger partial charge in [0.15, 0.2) is 0 Å². The van der Waals surface area contributed by atoms with Crippen LogP contribution in [-0.4, -0.2) is 5.91 Å². The van der Waals surface area contributed by atoms with Gasteiger partial charge in [0.05, 0.1) is 13.7 Å². The van der Waals surface area contributed by atoms with Gasteiger partial charge in [-0.25, -0.2) is 0 Å². The largest absolute Gasteiger partial charge is 0.365 e. The van der Waals surface area contributed by atoms with E-state index in [1.165, 1.54) is 11.3 Å². The van der Waals surface area contributed by atoms with Gasteiger partial charge in [0.1, 0.15) is 0 Å². The fourth-order valence-electron chi connectivity index (χ4n) is 0.468. The van der Waals surface area contributed by atoms with E-state index in [0.29, 0.717) is 9.90 Å². The van der Waals surface area contributed by atoms with Gasteiger partial charge in [0.2, 0.25) is 0 Å². The summed E-state index contributed by atoms with van der Waals surface area (Å²) in [6.07, 6.45) is 0. The molecule has 1 aromatic heterocycles. The molecule has 0 radical (unpaired) electrons. The molecule has 0 fully saturated rings. The SMILES string of the molecule is NC(=O)c1cc(Cl)c(Br)s1. The fraction of sp³-hybridized carbons (Fsp3) is 0. The monoisotopic (exact) mass is 239 g/mol. The molecule has 0 aliphatic heterocycles. The molecule has 0 aromatic carbocycles. The van der Waals surface area contributed by atoms with Crippen molar-refractivity contribution in [1.29, 1.82) is 0 Å². The Labute approximate surface area is 75.1 Å². The first-order valence-corrected chi connectivity index (χ1v) is 4.34. The summed E-state index contributed by atoms with van der Waals surface area (Å²) in [6.45, 7) is 0. The molecule has 1 aromatic rings. The van der Waals surface area contributed by atoms with Gasteiger partial charge in [-0.2, -0.15) is 0 Å². The van der Waals surface area contributed by atoms with E-state index in [2.05, 4.69) is 15.9 Å². The Hall–Kier alpha value is -0.0600. The van der Waals surface area contributed by atoms with Crippen LogP contribution in [0, 0.1) is 0 Å². The standard InChI is InChI=1S/C5H3BrClNOS/c6-4-2(7)1-3(10-4)5(8)9/h1H,(H2,8,9). The Morgan fingerprint density at radius 2 is 2.40 bits per heavy atom. The first kappa shape index (κ1) is 8.04. The Kier molecular flexibility index (Phi) is 2.33. The Morgan fingerprint density at radius 3 is 2.60 bits per heavy atom. The molecule has 0 atom stereocenters. The van der Waals surface area contributed by atoms with Crippen LogP contribution in [0.15, 0.2) is 9.85 Å². The Morgan fingerprint density at radius 1 is 1.80 bits per heavy atom. The average Bonchev–Trinajstić information content (AvgIpc) is 2.13. The molecule has 54 valence electrons. The second-order valence-corrected chi connectivity index (χ2v) is 4.37. The first-order chi connectivity index (χ1) is 4.61. The van der Waals surface area contributed by atoms with Crippen molar-refractivity contribution in [1.82, 2.24) is 0 Å². The lowest BCUT2D eigenvalue weighted by Crippen LogP contribution is -2.08. The topological polar surface area (TPSA) is 43.1 Å². The third-order valence-electron chi connectivity index (χ3n) is 0.888. The van der Waals surface area contributed by atoms with Crippen LogP contribution < -0.4 is 5.73 Å². The normalized spacial score (nSPS) is 9.80. The van der Waals surface area contributed by atoms with E-state index in [1.54, 1.807) is 6.07 Å². The molecule has 10 heavy (non-hydrogen) atoms. The minimum Gasteiger partial charge on any atom is -0.365 e. The summed E-state index contributed by atoms with van der Waals surface area (Å²) in [7, 11) is 0. The van der Waals surface area contributed by atoms with Gasteiger partial charge in [0.25, 0.3) is 5.91 Å². The van der Waals surface area contributed by atoms with Gasteiger partial charge in [-0.1, -0.05) is 11.6 Å². The third kappa shape index (κ3) is 1.51. The smallest absolute Gasteiger partial charge is 0.258 e. The predicted molar refractivity (Wildman–Crippen MR) is 45.5 cm³/mol. The lowest BCUT2D eigenvalue weighted by atomic mass is 10.5. The zero-order valence-corrected chi connectivity index (χ0v) is 7.89. The number of thiophene rings is 1. The number of carbonyl (C=O) groups excluding carboxylic acids is 1. The van der Waals surface area contributed by atoms with Crippen LogP contribution in [0.2, 0.25) is 5.02 Å². The zero-order chi connectivity index (χ0) is 7.72. The second-order valence-electron chi connectivity index (χ2n) is 1.60. The molecule has 1 amide bonds. The number of hydrogen-bond donors (Lipinski definition) is 1. The lowest BCUT2D eigenvalue weighted by molar-refractivity contribution is 0.100. The summed E-state index contributed by atoms with van der Waals surface area (Å²) in [5.41, 5.74) is 4.99. The maximum absolute atomic E-state index is 10.5. The highest BCUT2D eigenvalue weighted by molar-refractivity contribution is 9.11. The summed E-state index contributed by atoms with van der Waals surface area (Å²) in [5, 5.41) is 0.527. The van der Waals surface area contributed by atoms with Crippen LogP contribution in [0.25, 0.3) is 0 Å². The van der Waals surface area contributed by atoms with Crippen molar-refractivity contribution < 1.29 is 4.79 Å². The molecule has 0 aliphatic rings. The highest BCUT2D eigenvalue weighted by Gasteiger charge is 2.07. The van der Waals surface area contributed by atoms with Crippen molar-refractivity contribution in [3.63, 3.8) is 0 Å². The Bertz CT molecular complexity index is 253. The quantitative estimate of drug-likeness (QED) is 0.804. The van der Waals surface area contributed by atoms with E-state index >= 15 is 0 Å². The van der Waals surface area contributed by atoms with Crippen molar-refractivity contribution in [3.8, 4) is 0 Å². The summed E-state index contributed by atoms with van der Waals surface area (Å²) >= 11 is 10.0. The van der Waals surface area contributed by atoms with E-state index < -0.39 is 5.91 Å². The van der Waals surface area contributed by atoms with Crippen LogP contribution in [0.1, 0.15) is 9.67 Å². The minimum absolute atomic E-state index is 0.447. The van der Waals surface area contributed by atoms with Gasteiger partial charge >= 0.3 is 0 Å². The number of carbonyl (C=O) groups is 1. The van der Waals surface area contributed by atoms with E-state index in [9.17, 15) is 4.79 Å². The van der Waals surface area contributed by atoms with Crippen molar-refractivity contribution in [3.05, 3.63) is 19.8 Å². The highest BCUT2D eigenvalue weighted by Crippen LogP contribution is 2.31. The number of rotatable bonds is 1. The maximum atomic E-state index is 10.5. The molecular weight excluding hydrogens is 237 g/mol. The average molecular weight is 241 g/mol. The third-order valence-corrected chi connectivity index (χ3v) is 3.38. The number of primary amides is 1. The molecule has 0 aliphatic carbocycles. The molecule has 0 unspecified atom stereocenters. The van der Waals surface area contributed by atoms with Crippen LogP contribution in [-0.2, 0) is 0 Å². The summed E-state index contributed by atoms with van der Waals surface area (Å²) in [6, 6.07) is 1.54. The van der Waals surface area contributed by atoms with E-state index in [1.807, 2.05) is 0 Å². The first-order valence-electron chi connectivity index (χ1n) is 2.36. The van der Waals surface area contributed by atoms with E-state index in [4.69, 9.17) is 17.3 Å². The van der Waals surface area contributed by atoms with Crippen LogP contribution in [0.5, 0.6) is 0 Å². The molecule has 1 rings (SSSR count). The van der Waals surface area contributed by atoms with Gasteiger partial charge < -0.3 is 5.73 Å². The molecule has 0 saturated carbocycles. The number of halogens is 2. The Balaban J connectivity index is 3.10. The van der Waals surface area contributed by atoms with E-state index in [0.717, 1.165) is 3.79 Å². The molecule has 0 saturated heterocycles. The van der Waals surface area contributed by atoms with Crippen LogP contribution in [0.4, 0.5) is 0 Å². The summed E-state index contributed by atoms with van der Waals surface area (Å²) in [5.74, 6) is -0.447. The molecule has 5 heteroatoms. The maximum Gasteiger partial charge on any atom is 0.258 e. The van der Waals surface area contributed by atoms with Crippen molar-refractivity contribution >= 4 is 44.8 Å². The molecule has 2 nitrogen and oxygen atoms in total. The lowest BCUT2D eigenvalue weighted by Gasteiger charge is -1.80. The minimum atomic E-state index is -0.447. The van der Waals surface area contributed by atoms with Crippen molar-refractivity contribution in [2.24, 2.45) is 5.73 Å². The van der Waals surface area contributed by atoms with Crippen molar-refractivity contribution in [2.75, 3.05) is 0 Å². The van der Waals surface area contributed by atoms with Crippen LogP contribution >= 0.6 is 38.9 Å². The van der Waals surface area contributed by atoms with Gasteiger partial charge in [-0.15, -0.1) is 11.3 Å². The zero-order valence-electron chi connectivity index (χ0n) is 4.73. The fourth-order valence-corrected chi connectivity index (χ4v) is 2.02. The summed E-state index contributed by atoms with van der Waals surface area (Å²) in [4.78, 5) is 11.0. The molecule has 0 spiro atoms. The van der Waals surface area contributed by atoms with Gasteiger partial charge in [-0.05, 0) is 22.0 Å². The summed E-state index contributed by atoms with van der Waals surface area (Å²) < 4.78 is 0.739. The molecular formula is C5H3BrClNOS. The van der Waals surface area contributed by atoms with Gasteiger partial charge in [-0.3, -0.25) is 4.79 Å².